The highest BCUT2D eigenvalue weighted by Gasteiger charge is 2.36. The molecule has 22 heavy (non-hydrogen) atoms. The van der Waals surface area contributed by atoms with Crippen molar-refractivity contribution in [3.63, 3.8) is 0 Å². The van der Waals surface area contributed by atoms with E-state index in [9.17, 15) is 4.39 Å². The third-order valence-electron chi connectivity index (χ3n) is 4.70. The summed E-state index contributed by atoms with van der Waals surface area (Å²) < 4.78 is 14.6. The maximum Gasteiger partial charge on any atom is 0.129 e. The molecule has 1 aromatic carbocycles. The third-order valence-corrected chi connectivity index (χ3v) is 4.70. The number of fused-ring (bicyclic) bond motifs is 1. The van der Waals surface area contributed by atoms with Crippen LogP contribution in [0.5, 0.6) is 0 Å². The number of benzene rings is 1. The molecule has 1 heterocycles. The number of nitrogens with one attached hydrogen (secondary N) is 1. The molecule has 1 N–H and O–H groups in total. The van der Waals surface area contributed by atoms with E-state index in [1.165, 1.54) is 5.56 Å². The molecule has 0 fully saturated rings. The van der Waals surface area contributed by atoms with Crippen molar-refractivity contribution in [1.29, 1.82) is 0 Å². The van der Waals surface area contributed by atoms with Gasteiger partial charge in [-0.05, 0) is 50.3 Å². The number of halogens is 1. The number of anilines is 1. The van der Waals surface area contributed by atoms with Crippen molar-refractivity contribution in [1.82, 2.24) is 5.32 Å². The first-order valence-electron chi connectivity index (χ1n) is 8.59. The molecule has 0 spiro atoms. The smallest absolute Gasteiger partial charge is 0.129 e. The Bertz CT molecular complexity index is 522. The Morgan fingerprint density at radius 3 is 2.64 bits per heavy atom. The molecule has 0 saturated carbocycles. The third kappa shape index (κ3) is 3.45. The zero-order chi connectivity index (χ0) is 16.5. The van der Waals surface area contributed by atoms with Gasteiger partial charge in [0.05, 0.1) is 0 Å². The van der Waals surface area contributed by atoms with Crippen LogP contribution in [0.2, 0.25) is 0 Å². The Kier molecular flexibility index (Phi) is 5.16. The van der Waals surface area contributed by atoms with Crippen LogP contribution in [0.25, 0.3) is 0 Å². The molecule has 3 heteroatoms. The van der Waals surface area contributed by atoms with E-state index in [4.69, 9.17) is 0 Å². The van der Waals surface area contributed by atoms with Crippen molar-refractivity contribution >= 4 is 5.69 Å². The first-order valence-corrected chi connectivity index (χ1v) is 8.59. The zero-order valence-electron chi connectivity index (χ0n) is 15.0. The summed E-state index contributed by atoms with van der Waals surface area (Å²) in [6, 6.07) is 4.21. The van der Waals surface area contributed by atoms with Gasteiger partial charge in [0.1, 0.15) is 5.82 Å². The zero-order valence-corrected chi connectivity index (χ0v) is 15.0. The van der Waals surface area contributed by atoms with Gasteiger partial charge in [-0.25, -0.2) is 4.39 Å². The van der Waals surface area contributed by atoms with Gasteiger partial charge in [-0.2, -0.15) is 0 Å². The van der Waals surface area contributed by atoms with Crippen LogP contribution in [0.15, 0.2) is 12.1 Å². The molecular weight excluding hydrogens is 275 g/mol. The van der Waals surface area contributed by atoms with Crippen molar-refractivity contribution in [2.45, 2.75) is 78.4 Å². The Morgan fingerprint density at radius 2 is 2.05 bits per heavy atom. The van der Waals surface area contributed by atoms with Gasteiger partial charge in [-0.1, -0.05) is 27.7 Å². The van der Waals surface area contributed by atoms with Gasteiger partial charge in [0, 0.05) is 35.9 Å². The summed E-state index contributed by atoms with van der Waals surface area (Å²) in [7, 11) is 0. The molecule has 1 aliphatic heterocycles. The lowest BCUT2D eigenvalue weighted by Crippen LogP contribution is -2.48. The molecule has 1 aliphatic rings. The van der Waals surface area contributed by atoms with Gasteiger partial charge in [0.2, 0.25) is 0 Å². The Morgan fingerprint density at radius 1 is 1.36 bits per heavy atom. The lowest BCUT2D eigenvalue weighted by atomic mass is 9.79. The molecule has 0 aromatic heterocycles. The number of hydrogen-bond acceptors (Lipinski definition) is 2. The summed E-state index contributed by atoms with van der Waals surface area (Å²) in [6.07, 6.45) is 2.19. The van der Waals surface area contributed by atoms with Crippen LogP contribution in [0.1, 0.15) is 71.4 Å². The lowest BCUT2D eigenvalue weighted by molar-refractivity contribution is 0.374. The van der Waals surface area contributed by atoms with E-state index < -0.39 is 0 Å². The van der Waals surface area contributed by atoms with Gasteiger partial charge in [-0.3, -0.25) is 0 Å². The summed E-state index contributed by atoms with van der Waals surface area (Å²) in [5.74, 6) is 0.384. The van der Waals surface area contributed by atoms with Crippen LogP contribution in [0, 0.1) is 5.82 Å². The summed E-state index contributed by atoms with van der Waals surface area (Å²) in [6.45, 7) is 14.8. The first kappa shape index (κ1) is 17.3. The fraction of sp³-hybridized carbons (Fsp3) is 0.684. The second-order valence-electron chi connectivity index (χ2n) is 7.61. The predicted octanol–water partition coefficient (Wildman–Crippen LogP) is 4.83. The quantitative estimate of drug-likeness (QED) is 0.838. The van der Waals surface area contributed by atoms with Crippen LogP contribution >= 0.6 is 0 Å². The molecule has 0 radical (unpaired) electrons. The normalized spacial score (nSPS) is 20.4. The van der Waals surface area contributed by atoms with E-state index in [2.05, 4.69) is 57.8 Å². The van der Waals surface area contributed by atoms with E-state index in [0.717, 1.165) is 30.6 Å². The Labute approximate surface area is 135 Å². The highest BCUT2D eigenvalue weighted by Crippen LogP contribution is 2.44. The minimum Gasteiger partial charge on any atom is -0.366 e. The molecule has 0 amide bonds. The van der Waals surface area contributed by atoms with Crippen molar-refractivity contribution in [2.75, 3.05) is 11.4 Å². The standard InChI is InChI=1S/C19H31FN2/c1-7-8-22-18-10-17(20)15(12-21-13(2)3)9-16(18)14(4)11-19(22,5)6/h9-10,13-14,21H,7-8,11-12H2,1-6H3. The van der Waals surface area contributed by atoms with Crippen LogP contribution in [-0.4, -0.2) is 18.1 Å². The molecular formula is C19H31FN2. The molecule has 124 valence electrons. The van der Waals surface area contributed by atoms with E-state index in [-0.39, 0.29) is 11.4 Å². The summed E-state index contributed by atoms with van der Waals surface area (Å²) in [4.78, 5) is 2.39. The summed E-state index contributed by atoms with van der Waals surface area (Å²) >= 11 is 0. The number of nitrogens with zero attached hydrogens (tertiary/aromatic N) is 1. The van der Waals surface area contributed by atoms with Gasteiger partial charge in [0.15, 0.2) is 0 Å². The SMILES string of the molecule is CCCN1c2cc(F)c(CNC(C)C)cc2C(C)CC1(C)C. The van der Waals surface area contributed by atoms with Gasteiger partial charge in [0.25, 0.3) is 0 Å². The van der Waals surface area contributed by atoms with Crippen molar-refractivity contribution < 1.29 is 4.39 Å². The molecule has 1 atom stereocenters. The predicted molar refractivity (Wildman–Crippen MR) is 93.1 cm³/mol. The second-order valence-corrected chi connectivity index (χ2v) is 7.61. The molecule has 0 bridgehead atoms. The molecule has 1 unspecified atom stereocenters. The Balaban J connectivity index is 2.41. The van der Waals surface area contributed by atoms with Gasteiger partial charge >= 0.3 is 0 Å². The van der Waals surface area contributed by atoms with E-state index in [1.807, 2.05) is 0 Å². The van der Waals surface area contributed by atoms with Crippen molar-refractivity contribution in [3.05, 3.63) is 29.1 Å². The molecule has 0 saturated heterocycles. The summed E-state index contributed by atoms with van der Waals surface area (Å²) in [5, 5.41) is 3.32. The average molecular weight is 306 g/mol. The fourth-order valence-electron chi connectivity index (χ4n) is 3.65. The minimum atomic E-state index is -0.0853. The van der Waals surface area contributed by atoms with E-state index >= 15 is 0 Å². The van der Waals surface area contributed by atoms with Crippen LogP contribution in [-0.2, 0) is 6.54 Å². The van der Waals surface area contributed by atoms with Crippen LogP contribution in [0.4, 0.5) is 10.1 Å². The largest absolute Gasteiger partial charge is 0.366 e. The van der Waals surface area contributed by atoms with Crippen LogP contribution < -0.4 is 10.2 Å². The number of hydrogen-bond donors (Lipinski definition) is 1. The molecule has 2 nitrogen and oxygen atoms in total. The average Bonchev–Trinajstić information content (AvgIpc) is 2.41. The maximum absolute atomic E-state index is 14.6. The van der Waals surface area contributed by atoms with Crippen LogP contribution in [0.3, 0.4) is 0 Å². The van der Waals surface area contributed by atoms with Crippen molar-refractivity contribution in [3.8, 4) is 0 Å². The lowest BCUT2D eigenvalue weighted by Gasteiger charge is -2.47. The molecule has 1 aromatic rings. The highest BCUT2D eigenvalue weighted by molar-refractivity contribution is 5.61. The Hall–Kier alpha value is -1.09. The summed E-state index contributed by atoms with van der Waals surface area (Å²) in [5.41, 5.74) is 3.27. The first-order chi connectivity index (χ1) is 10.3. The monoisotopic (exact) mass is 306 g/mol. The van der Waals surface area contributed by atoms with Gasteiger partial charge < -0.3 is 10.2 Å². The van der Waals surface area contributed by atoms with Crippen molar-refractivity contribution in [2.24, 2.45) is 0 Å². The topological polar surface area (TPSA) is 15.3 Å². The second kappa shape index (κ2) is 6.57. The van der Waals surface area contributed by atoms with E-state index in [1.54, 1.807) is 6.07 Å². The van der Waals surface area contributed by atoms with E-state index in [0.29, 0.717) is 18.5 Å². The minimum absolute atomic E-state index is 0.0853. The van der Waals surface area contributed by atoms with Gasteiger partial charge in [-0.15, -0.1) is 0 Å². The molecule has 0 aliphatic carbocycles. The number of rotatable bonds is 5. The maximum atomic E-state index is 14.6. The molecule has 2 rings (SSSR count). The highest BCUT2D eigenvalue weighted by atomic mass is 19.1. The fourth-order valence-corrected chi connectivity index (χ4v) is 3.65.